The van der Waals surface area contributed by atoms with Gasteiger partial charge in [0.25, 0.3) is 11.8 Å². The van der Waals surface area contributed by atoms with E-state index in [-0.39, 0.29) is 11.8 Å². The highest BCUT2D eigenvalue weighted by Crippen LogP contribution is 2.22. The first-order valence-electron chi connectivity index (χ1n) is 7.07. The Morgan fingerprint density at radius 1 is 1.13 bits per heavy atom. The molecule has 7 heteroatoms. The van der Waals surface area contributed by atoms with Gasteiger partial charge in [-0.2, -0.15) is 0 Å². The number of benzene rings is 1. The lowest BCUT2D eigenvalue weighted by atomic mass is 10.1. The predicted octanol–water partition coefficient (Wildman–Crippen LogP) is 2.12. The van der Waals surface area contributed by atoms with Crippen molar-refractivity contribution in [3.05, 3.63) is 59.5 Å². The predicted molar refractivity (Wildman–Crippen MR) is 88.3 cm³/mol. The molecule has 0 saturated heterocycles. The summed E-state index contributed by atoms with van der Waals surface area (Å²) in [5.41, 5.74) is 6.73. The van der Waals surface area contributed by atoms with Gasteiger partial charge in [0.2, 0.25) is 0 Å². The van der Waals surface area contributed by atoms with Gasteiger partial charge in [-0.1, -0.05) is 23.9 Å². The van der Waals surface area contributed by atoms with E-state index in [1.807, 2.05) is 6.07 Å². The lowest BCUT2D eigenvalue weighted by Crippen LogP contribution is -2.32. The van der Waals surface area contributed by atoms with Crippen LogP contribution in [0.15, 0.2) is 52.1 Å². The Balaban J connectivity index is 1.52. The summed E-state index contributed by atoms with van der Waals surface area (Å²) in [6.45, 7) is 0.673. The molecule has 0 radical (unpaired) electrons. The summed E-state index contributed by atoms with van der Waals surface area (Å²) in [6.07, 6.45) is 1.58. The summed E-state index contributed by atoms with van der Waals surface area (Å²) < 4.78 is 5.16. The molecule has 6 nitrogen and oxygen atoms in total. The van der Waals surface area contributed by atoms with E-state index in [4.69, 9.17) is 10.2 Å². The fourth-order valence-electron chi connectivity index (χ4n) is 2.29. The Hall–Kier alpha value is -2.54. The van der Waals surface area contributed by atoms with E-state index in [9.17, 15) is 9.59 Å². The molecule has 0 atom stereocenters. The smallest absolute Gasteiger partial charge is 0.261 e. The molecule has 3 rings (SSSR count). The number of hydrogen-bond acceptors (Lipinski definition) is 5. The number of carbonyl (C=O) groups is 2. The van der Waals surface area contributed by atoms with Gasteiger partial charge in [0.15, 0.2) is 5.17 Å². The van der Waals surface area contributed by atoms with Gasteiger partial charge in [0, 0.05) is 12.3 Å². The standard InChI is InChI=1S/C16H15N3O3S/c17-16(18-10-11-4-3-8-22-11)23-9-7-19-14(20)12-5-1-2-6-13(12)15(19)21/h1-6,8H,7,9-10H2,(H2,17,18). The second-order valence-corrected chi connectivity index (χ2v) is 6.01. The van der Waals surface area contributed by atoms with Crippen molar-refractivity contribution in [2.45, 2.75) is 6.54 Å². The second kappa shape index (κ2) is 6.70. The molecule has 1 aromatic heterocycles. The Kier molecular flexibility index (Phi) is 4.47. The maximum atomic E-state index is 12.2. The molecule has 0 spiro atoms. The first-order valence-corrected chi connectivity index (χ1v) is 8.05. The number of thioether (sulfide) groups is 1. The molecule has 2 N–H and O–H groups in total. The number of imide groups is 1. The molecule has 0 aliphatic carbocycles. The van der Waals surface area contributed by atoms with Crippen molar-refractivity contribution in [3.8, 4) is 0 Å². The number of aliphatic imine (C=N–C) groups is 1. The molecule has 23 heavy (non-hydrogen) atoms. The van der Waals surface area contributed by atoms with Gasteiger partial charge in [0.1, 0.15) is 5.76 Å². The largest absolute Gasteiger partial charge is 0.467 e. The summed E-state index contributed by atoms with van der Waals surface area (Å²) in [7, 11) is 0. The van der Waals surface area contributed by atoms with Gasteiger partial charge in [0.05, 0.1) is 23.9 Å². The lowest BCUT2D eigenvalue weighted by Gasteiger charge is -2.12. The van der Waals surface area contributed by atoms with Crippen LogP contribution in [0.4, 0.5) is 0 Å². The van der Waals surface area contributed by atoms with Crippen LogP contribution in [-0.4, -0.2) is 34.2 Å². The highest BCUT2D eigenvalue weighted by molar-refractivity contribution is 8.13. The van der Waals surface area contributed by atoms with E-state index in [0.29, 0.717) is 35.1 Å². The zero-order valence-corrected chi connectivity index (χ0v) is 13.1. The third-order valence-electron chi connectivity index (χ3n) is 3.41. The van der Waals surface area contributed by atoms with E-state index in [2.05, 4.69) is 4.99 Å². The van der Waals surface area contributed by atoms with Crippen LogP contribution in [0.25, 0.3) is 0 Å². The third-order valence-corrected chi connectivity index (χ3v) is 4.23. The van der Waals surface area contributed by atoms with E-state index in [1.165, 1.54) is 16.7 Å². The zero-order chi connectivity index (χ0) is 16.2. The van der Waals surface area contributed by atoms with Crippen molar-refractivity contribution in [1.82, 2.24) is 4.90 Å². The number of nitrogens with two attached hydrogens (primary N) is 1. The molecule has 1 aromatic carbocycles. The first kappa shape index (κ1) is 15.4. The number of carbonyl (C=O) groups excluding carboxylic acids is 2. The van der Waals surface area contributed by atoms with Crippen LogP contribution in [0.2, 0.25) is 0 Å². The monoisotopic (exact) mass is 329 g/mol. The summed E-state index contributed by atoms with van der Waals surface area (Å²) >= 11 is 1.31. The molecule has 0 fully saturated rings. The Morgan fingerprint density at radius 3 is 2.43 bits per heavy atom. The van der Waals surface area contributed by atoms with Crippen molar-refractivity contribution in [2.75, 3.05) is 12.3 Å². The topological polar surface area (TPSA) is 88.9 Å². The van der Waals surface area contributed by atoms with Gasteiger partial charge in [-0.25, -0.2) is 0 Å². The number of hydrogen-bond donors (Lipinski definition) is 1. The molecule has 0 bridgehead atoms. The normalized spacial score (nSPS) is 14.4. The van der Waals surface area contributed by atoms with Crippen molar-refractivity contribution >= 4 is 28.7 Å². The van der Waals surface area contributed by atoms with Crippen molar-refractivity contribution in [2.24, 2.45) is 10.7 Å². The summed E-state index contributed by atoms with van der Waals surface area (Å²) in [6, 6.07) is 10.4. The number of furan rings is 1. The average Bonchev–Trinajstić information content (AvgIpc) is 3.16. The fraction of sp³-hybridized carbons (Fsp3) is 0.188. The summed E-state index contributed by atoms with van der Waals surface area (Å²) in [5.74, 6) is 0.724. The Labute approximate surface area is 137 Å². The van der Waals surface area contributed by atoms with Gasteiger partial charge >= 0.3 is 0 Å². The van der Waals surface area contributed by atoms with E-state index in [1.54, 1.807) is 36.6 Å². The molecule has 118 valence electrons. The summed E-state index contributed by atoms with van der Waals surface area (Å²) in [5, 5.41) is 0.401. The molecular formula is C16H15N3O3S. The number of rotatable bonds is 5. The molecule has 1 aliphatic rings. The van der Waals surface area contributed by atoms with Crippen molar-refractivity contribution in [3.63, 3.8) is 0 Å². The number of nitrogens with zero attached hydrogens (tertiary/aromatic N) is 2. The van der Waals surface area contributed by atoms with Crippen LogP contribution in [-0.2, 0) is 6.54 Å². The third kappa shape index (κ3) is 3.29. The average molecular weight is 329 g/mol. The quantitative estimate of drug-likeness (QED) is 0.516. The maximum absolute atomic E-state index is 12.2. The van der Waals surface area contributed by atoms with E-state index < -0.39 is 0 Å². The molecule has 2 heterocycles. The molecule has 0 unspecified atom stereocenters. The van der Waals surface area contributed by atoms with Crippen LogP contribution in [0, 0.1) is 0 Å². The van der Waals surface area contributed by atoms with Crippen LogP contribution >= 0.6 is 11.8 Å². The minimum absolute atomic E-state index is 0.253. The first-order chi connectivity index (χ1) is 11.2. The van der Waals surface area contributed by atoms with Gasteiger partial charge in [-0.15, -0.1) is 0 Å². The number of amides is 2. The highest BCUT2D eigenvalue weighted by Gasteiger charge is 2.34. The summed E-state index contributed by atoms with van der Waals surface area (Å²) in [4.78, 5) is 29.8. The van der Waals surface area contributed by atoms with Crippen LogP contribution in [0.5, 0.6) is 0 Å². The van der Waals surface area contributed by atoms with Crippen molar-refractivity contribution in [1.29, 1.82) is 0 Å². The molecule has 2 aromatic rings. The zero-order valence-electron chi connectivity index (χ0n) is 12.3. The van der Waals surface area contributed by atoms with Gasteiger partial charge < -0.3 is 10.2 Å². The maximum Gasteiger partial charge on any atom is 0.261 e. The van der Waals surface area contributed by atoms with Crippen molar-refractivity contribution < 1.29 is 14.0 Å². The molecule has 0 saturated carbocycles. The van der Waals surface area contributed by atoms with Gasteiger partial charge in [-0.05, 0) is 24.3 Å². The minimum atomic E-state index is -0.253. The SMILES string of the molecule is NC(=NCc1ccco1)SCCN1C(=O)c2ccccc2C1=O. The Bertz CT molecular complexity index is 721. The minimum Gasteiger partial charge on any atom is -0.467 e. The molecular weight excluding hydrogens is 314 g/mol. The molecule has 1 aliphatic heterocycles. The van der Waals surface area contributed by atoms with Crippen LogP contribution < -0.4 is 5.73 Å². The van der Waals surface area contributed by atoms with Gasteiger partial charge in [-0.3, -0.25) is 19.5 Å². The van der Waals surface area contributed by atoms with Crippen LogP contribution in [0.3, 0.4) is 0 Å². The molecule has 2 amide bonds. The number of fused-ring (bicyclic) bond motifs is 1. The lowest BCUT2D eigenvalue weighted by molar-refractivity contribution is 0.0664. The van der Waals surface area contributed by atoms with E-state index in [0.717, 1.165) is 5.76 Å². The highest BCUT2D eigenvalue weighted by atomic mass is 32.2. The Morgan fingerprint density at radius 2 is 1.83 bits per heavy atom. The number of amidine groups is 1. The fourth-order valence-corrected chi connectivity index (χ4v) is 2.93. The second-order valence-electron chi connectivity index (χ2n) is 4.89. The van der Waals surface area contributed by atoms with Crippen LogP contribution in [0.1, 0.15) is 26.5 Å². The van der Waals surface area contributed by atoms with E-state index >= 15 is 0 Å².